The number of fused-ring (bicyclic) bond motifs is 6. The van der Waals surface area contributed by atoms with Gasteiger partial charge in [-0.05, 0) is 88.2 Å². The van der Waals surface area contributed by atoms with Crippen molar-refractivity contribution >= 4 is 11.8 Å². The third-order valence-corrected chi connectivity index (χ3v) is 10.1. The molecule has 2 aliphatic rings. The normalized spacial score (nSPS) is 21.9. The predicted molar refractivity (Wildman–Crippen MR) is 194 cm³/mol. The van der Waals surface area contributed by atoms with Gasteiger partial charge in [-0.3, -0.25) is 4.79 Å². The Morgan fingerprint density at radius 3 is 1.94 bits per heavy atom. The van der Waals surface area contributed by atoms with Gasteiger partial charge < -0.3 is 38.1 Å². The summed E-state index contributed by atoms with van der Waals surface area (Å²) in [4.78, 5) is 29.4. The van der Waals surface area contributed by atoms with E-state index in [9.17, 15) is 9.59 Å². The van der Waals surface area contributed by atoms with E-state index in [0.29, 0.717) is 77.9 Å². The quantitative estimate of drug-likeness (QED) is 0.263. The number of hydrogen-bond donors (Lipinski definition) is 0. The maximum absolute atomic E-state index is 13.6. The lowest BCUT2D eigenvalue weighted by molar-refractivity contribution is 0.0218. The zero-order chi connectivity index (χ0) is 35.7. The summed E-state index contributed by atoms with van der Waals surface area (Å²) < 4.78 is 40.1. The highest BCUT2D eigenvalue weighted by molar-refractivity contribution is 5.97. The monoisotopic (exact) mass is 697 g/mol. The van der Waals surface area contributed by atoms with Crippen molar-refractivity contribution < 1.29 is 42.7 Å². The summed E-state index contributed by atoms with van der Waals surface area (Å²) in [6.45, 7) is 3.33. The summed E-state index contributed by atoms with van der Waals surface area (Å²) in [6, 6.07) is 6.75. The van der Waals surface area contributed by atoms with Gasteiger partial charge in [0.25, 0.3) is 0 Å². The summed E-state index contributed by atoms with van der Waals surface area (Å²) in [6.07, 6.45) is 15.2. The van der Waals surface area contributed by atoms with E-state index in [2.05, 4.69) is 4.90 Å². The molecule has 0 spiro atoms. The van der Waals surface area contributed by atoms with Crippen molar-refractivity contribution in [3.63, 3.8) is 0 Å². The smallest absolute Gasteiger partial charge is 0.338 e. The molecule has 2 aliphatic heterocycles. The Balaban J connectivity index is 1.55. The molecule has 2 unspecified atom stereocenters. The van der Waals surface area contributed by atoms with Crippen LogP contribution in [0.4, 0.5) is 0 Å². The molecule has 2 aromatic carbocycles. The third-order valence-electron chi connectivity index (χ3n) is 10.1. The second-order valence-electron chi connectivity index (χ2n) is 13.5. The molecule has 4 rings (SSSR count). The van der Waals surface area contributed by atoms with Crippen molar-refractivity contribution in [3.05, 3.63) is 35.4 Å². The van der Waals surface area contributed by atoms with Crippen LogP contribution in [0.3, 0.4) is 0 Å². The number of carbonyl (C=O) groups excluding carboxylic acids is 2. The van der Waals surface area contributed by atoms with E-state index in [1.807, 2.05) is 0 Å². The Kier molecular flexibility index (Phi) is 16.3. The first-order valence-electron chi connectivity index (χ1n) is 18.6. The number of esters is 1. The molecule has 278 valence electrons. The van der Waals surface area contributed by atoms with Gasteiger partial charge in [0.15, 0.2) is 28.8 Å². The fourth-order valence-electron chi connectivity index (χ4n) is 7.23. The summed E-state index contributed by atoms with van der Waals surface area (Å²) >= 11 is 0. The molecule has 0 amide bonds. The molecule has 2 heterocycles. The molecule has 0 aromatic heterocycles. The number of benzene rings is 2. The van der Waals surface area contributed by atoms with E-state index in [0.717, 1.165) is 44.8 Å². The molecule has 10 nitrogen and oxygen atoms in total. The lowest BCUT2D eigenvalue weighted by atomic mass is 9.90. The Labute approximate surface area is 299 Å². The zero-order valence-corrected chi connectivity index (χ0v) is 31.0. The van der Waals surface area contributed by atoms with Gasteiger partial charge in [-0.25, -0.2) is 4.79 Å². The van der Waals surface area contributed by atoms with Gasteiger partial charge in [0, 0.05) is 18.5 Å². The lowest BCUT2D eigenvalue weighted by Crippen LogP contribution is -2.32. The molecule has 10 heteroatoms. The number of ether oxygens (including phenoxy) is 7. The number of hydrogen-bond acceptors (Lipinski definition) is 10. The molecular weight excluding hydrogens is 638 g/mol. The van der Waals surface area contributed by atoms with E-state index < -0.39 is 5.97 Å². The summed E-state index contributed by atoms with van der Waals surface area (Å²) in [5.74, 6) is 2.99. The van der Waals surface area contributed by atoms with Crippen LogP contribution in [0.1, 0.15) is 117 Å². The molecule has 1 saturated heterocycles. The number of Topliss-reactive ketones (excluding diaryl/α,β-unsaturated/α-hetero) is 1. The average Bonchev–Trinajstić information content (AvgIpc) is 3.14. The number of ketones is 1. The first-order valence-corrected chi connectivity index (χ1v) is 18.6. The van der Waals surface area contributed by atoms with E-state index >= 15 is 0 Å². The minimum absolute atomic E-state index is 0.0774. The lowest BCUT2D eigenvalue weighted by Gasteiger charge is -2.28. The van der Waals surface area contributed by atoms with Crippen molar-refractivity contribution in [1.29, 1.82) is 0 Å². The molecule has 3 atom stereocenters. The number of nitrogens with zero attached hydrogens (tertiary/aromatic N) is 1. The number of methoxy groups -OCH3 is 5. The van der Waals surface area contributed by atoms with Crippen LogP contribution >= 0.6 is 0 Å². The Bertz CT molecular complexity index is 1340. The Morgan fingerprint density at radius 2 is 1.26 bits per heavy atom. The SMILES string of the molecule is COc1cc(C(=O)O[C@@H]2CCCOc3cc(cc(OC)c3OC)C(=O)CCCCCCC3CCCCCN(CCC3)CC2)cc(OC)c1OC. The molecule has 0 N–H and O–H groups in total. The highest BCUT2D eigenvalue weighted by Crippen LogP contribution is 2.40. The van der Waals surface area contributed by atoms with Crippen molar-refractivity contribution in [2.75, 3.05) is 61.8 Å². The second kappa shape index (κ2) is 20.9. The summed E-state index contributed by atoms with van der Waals surface area (Å²) in [7, 11) is 7.71. The fraction of sp³-hybridized carbons (Fsp3) is 0.650. The van der Waals surface area contributed by atoms with Gasteiger partial charge in [0.2, 0.25) is 11.5 Å². The van der Waals surface area contributed by atoms with Crippen LogP contribution in [0, 0.1) is 5.92 Å². The van der Waals surface area contributed by atoms with Crippen LogP contribution in [0.2, 0.25) is 0 Å². The second-order valence-corrected chi connectivity index (χ2v) is 13.5. The van der Waals surface area contributed by atoms with Gasteiger partial charge >= 0.3 is 5.97 Å². The van der Waals surface area contributed by atoms with Crippen molar-refractivity contribution in [1.82, 2.24) is 4.90 Å². The maximum atomic E-state index is 13.6. The van der Waals surface area contributed by atoms with E-state index in [-0.39, 0.29) is 11.9 Å². The van der Waals surface area contributed by atoms with Gasteiger partial charge in [-0.1, -0.05) is 44.9 Å². The highest BCUT2D eigenvalue weighted by Gasteiger charge is 2.23. The molecule has 0 aliphatic carbocycles. The number of rotatable bonds is 7. The molecular formula is C40H59NO9. The van der Waals surface area contributed by atoms with E-state index in [4.69, 9.17) is 33.2 Å². The minimum Gasteiger partial charge on any atom is -0.493 e. The first kappa shape index (κ1) is 39.1. The largest absolute Gasteiger partial charge is 0.493 e. The minimum atomic E-state index is -0.446. The first-order chi connectivity index (χ1) is 24.4. The van der Waals surface area contributed by atoms with Gasteiger partial charge in [0.05, 0.1) is 47.7 Å². The van der Waals surface area contributed by atoms with Gasteiger partial charge in [0.1, 0.15) is 6.10 Å². The molecule has 0 radical (unpaired) electrons. The van der Waals surface area contributed by atoms with Gasteiger partial charge in [-0.15, -0.1) is 0 Å². The Morgan fingerprint density at radius 1 is 0.640 bits per heavy atom. The van der Waals surface area contributed by atoms with Gasteiger partial charge in [-0.2, -0.15) is 0 Å². The standard InChI is InChI=1S/C40H59NO9/c1-44-34-25-30-26-37(39(34)48-5)49-24-14-18-32(50-40(43)31-27-35(45-2)38(47-4)36(28-31)46-3)20-23-41-21-12-8-10-16-29(17-13-22-41)15-9-6-7-11-19-33(30)42/h25-29,32H,6-24H2,1-5H3/t29?,32-/m1/s1. The highest BCUT2D eigenvalue weighted by atomic mass is 16.6. The van der Waals surface area contributed by atoms with Crippen LogP contribution in [-0.2, 0) is 4.74 Å². The van der Waals surface area contributed by atoms with E-state index in [1.54, 1.807) is 38.5 Å². The van der Waals surface area contributed by atoms with Crippen LogP contribution in [-0.4, -0.2) is 84.5 Å². The van der Waals surface area contributed by atoms with Crippen molar-refractivity contribution in [2.45, 2.75) is 102 Å². The predicted octanol–water partition coefficient (Wildman–Crippen LogP) is 8.31. The fourth-order valence-corrected chi connectivity index (χ4v) is 7.23. The zero-order valence-electron chi connectivity index (χ0n) is 31.0. The van der Waals surface area contributed by atoms with Crippen molar-refractivity contribution in [2.24, 2.45) is 5.92 Å². The van der Waals surface area contributed by atoms with E-state index in [1.165, 1.54) is 72.7 Å². The third kappa shape index (κ3) is 11.4. The van der Waals surface area contributed by atoms with Crippen LogP contribution in [0.5, 0.6) is 34.5 Å². The molecule has 50 heavy (non-hydrogen) atoms. The van der Waals surface area contributed by atoms with Crippen LogP contribution < -0.4 is 28.4 Å². The average molecular weight is 698 g/mol. The molecule has 0 saturated carbocycles. The summed E-state index contributed by atoms with van der Waals surface area (Å²) in [5.41, 5.74) is 0.892. The van der Waals surface area contributed by atoms with Crippen LogP contribution in [0.25, 0.3) is 0 Å². The Hall–Kier alpha value is -3.66. The summed E-state index contributed by atoms with van der Waals surface area (Å²) in [5, 5.41) is 0. The molecule has 2 aromatic rings. The van der Waals surface area contributed by atoms with Crippen LogP contribution in [0.15, 0.2) is 24.3 Å². The number of carbonyl (C=O) groups is 2. The topological polar surface area (TPSA) is 102 Å². The van der Waals surface area contributed by atoms with Crippen molar-refractivity contribution in [3.8, 4) is 34.5 Å². The molecule has 1 fully saturated rings. The maximum Gasteiger partial charge on any atom is 0.338 e. The molecule has 4 bridgehead atoms.